The van der Waals surface area contributed by atoms with Crippen molar-refractivity contribution in [1.29, 1.82) is 0 Å². The van der Waals surface area contributed by atoms with Gasteiger partial charge in [-0.15, -0.1) is 0 Å². The maximum Gasteiger partial charge on any atom is 0.278 e. The van der Waals surface area contributed by atoms with Crippen LogP contribution in [-0.4, -0.2) is 50.1 Å². The van der Waals surface area contributed by atoms with Gasteiger partial charge in [-0.2, -0.15) is 0 Å². The van der Waals surface area contributed by atoms with E-state index in [2.05, 4.69) is 24.3 Å². The average Bonchev–Trinajstić information content (AvgIpc) is 2.70. The SMILES string of the molecule is O=C(C[NH+]1CCc2ccccc2C1)N1CC[NH+](Cc2ccccc2F)CC1. The molecule has 0 aliphatic carbocycles. The van der Waals surface area contributed by atoms with Crippen molar-refractivity contribution in [2.75, 3.05) is 39.3 Å². The molecule has 1 unspecified atom stereocenters. The van der Waals surface area contributed by atoms with E-state index < -0.39 is 0 Å². The van der Waals surface area contributed by atoms with E-state index in [0.29, 0.717) is 13.1 Å². The Labute approximate surface area is 160 Å². The Morgan fingerprint density at radius 2 is 1.63 bits per heavy atom. The zero-order chi connectivity index (χ0) is 18.6. The van der Waals surface area contributed by atoms with Crippen LogP contribution in [0.1, 0.15) is 16.7 Å². The van der Waals surface area contributed by atoms with Crippen LogP contribution in [0.15, 0.2) is 48.5 Å². The quantitative estimate of drug-likeness (QED) is 0.761. The fourth-order valence-corrected chi connectivity index (χ4v) is 4.28. The van der Waals surface area contributed by atoms with Crippen LogP contribution in [0.3, 0.4) is 0 Å². The number of hydrogen-bond acceptors (Lipinski definition) is 1. The second-order valence-corrected chi connectivity index (χ2v) is 7.77. The van der Waals surface area contributed by atoms with Crippen molar-refractivity contribution < 1.29 is 19.0 Å². The molecule has 1 atom stereocenters. The number of piperazine rings is 1. The molecule has 0 spiro atoms. The van der Waals surface area contributed by atoms with Crippen LogP contribution in [0.25, 0.3) is 0 Å². The van der Waals surface area contributed by atoms with E-state index >= 15 is 0 Å². The lowest BCUT2D eigenvalue weighted by Crippen LogP contribution is -3.14. The van der Waals surface area contributed by atoms with E-state index in [0.717, 1.165) is 51.3 Å². The molecule has 0 saturated carbocycles. The van der Waals surface area contributed by atoms with Crippen LogP contribution >= 0.6 is 0 Å². The molecule has 142 valence electrons. The molecule has 1 amide bonds. The first-order valence-corrected chi connectivity index (χ1v) is 9.94. The largest absolute Gasteiger partial charge is 0.328 e. The number of halogens is 1. The summed E-state index contributed by atoms with van der Waals surface area (Å²) in [5, 5.41) is 0. The lowest BCUT2D eigenvalue weighted by Gasteiger charge is -2.33. The summed E-state index contributed by atoms with van der Waals surface area (Å²) in [6.45, 7) is 6.57. The van der Waals surface area contributed by atoms with E-state index in [-0.39, 0.29) is 11.7 Å². The summed E-state index contributed by atoms with van der Waals surface area (Å²) < 4.78 is 13.8. The summed E-state index contributed by atoms with van der Waals surface area (Å²) in [4.78, 5) is 17.4. The third-order valence-electron chi connectivity index (χ3n) is 5.93. The molecule has 0 aromatic heterocycles. The molecular formula is C22H28FN3O+2. The number of hydrogen-bond donors (Lipinski definition) is 2. The molecule has 2 aliphatic heterocycles. The lowest BCUT2D eigenvalue weighted by atomic mass is 10.00. The van der Waals surface area contributed by atoms with E-state index in [1.165, 1.54) is 27.0 Å². The molecule has 27 heavy (non-hydrogen) atoms. The molecule has 2 heterocycles. The van der Waals surface area contributed by atoms with Crippen molar-refractivity contribution in [2.24, 2.45) is 0 Å². The number of quaternary nitrogens is 2. The average molecular weight is 369 g/mol. The summed E-state index contributed by atoms with van der Waals surface area (Å²) >= 11 is 0. The molecule has 0 radical (unpaired) electrons. The first-order valence-electron chi connectivity index (χ1n) is 9.94. The van der Waals surface area contributed by atoms with Crippen LogP contribution < -0.4 is 9.80 Å². The van der Waals surface area contributed by atoms with Gasteiger partial charge in [0.05, 0.1) is 32.7 Å². The van der Waals surface area contributed by atoms with Crippen LogP contribution in [0.5, 0.6) is 0 Å². The smallest absolute Gasteiger partial charge is 0.278 e. The van der Waals surface area contributed by atoms with Crippen LogP contribution in [-0.2, 0) is 24.3 Å². The van der Waals surface area contributed by atoms with Crippen LogP contribution in [0.4, 0.5) is 4.39 Å². The van der Waals surface area contributed by atoms with Crippen LogP contribution in [0, 0.1) is 5.82 Å². The van der Waals surface area contributed by atoms with Crippen molar-refractivity contribution in [3.05, 3.63) is 71.0 Å². The summed E-state index contributed by atoms with van der Waals surface area (Å²) in [5.74, 6) is 0.131. The van der Waals surface area contributed by atoms with Gasteiger partial charge in [-0.3, -0.25) is 4.79 Å². The highest BCUT2D eigenvalue weighted by Crippen LogP contribution is 2.10. The molecule has 2 N–H and O–H groups in total. The van der Waals surface area contributed by atoms with Gasteiger partial charge in [0.2, 0.25) is 0 Å². The first kappa shape index (κ1) is 18.1. The van der Waals surface area contributed by atoms with Crippen molar-refractivity contribution in [3.8, 4) is 0 Å². The number of benzene rings is 2. The second-order valence-electron chi connectivity index (χ2n) is 7.77. The summed E-state index contributed by atoms with van der Waals surface area (Å²) in [5.41, 5.74) is 3.58. The molecule has 2 aromatic rings. The number of fused-ring (bicyclic) bond motifs is 1. The van der Waals surface area contributed by atoms with Crippen molar-refractivity contribution in [3.63, 3.8) is 0 Å². The fraction of sp³-hybridized carbons (Fsp3) is 0.409. The molecule has 0 bridgehead atoms. The number of carbonyl (C=O) groups excluding carboxylic acids is 1. The zero-order valence-corrected chi connectivity index (χ0v) is 15.7. The normalized spacial score (nSPS) is 20.3. The van der Waals surface area contributed by atoms with Gasteiger partial charge < -0.3 is 14.7 Å². The highest BCUT2D eigenvalue weighted by molar-refractivity contribution is 5.77. The zero-order valence-electron chi connectivity index (χ0n) is 15.7. The summed E-state index contributed by atoms with van der Waals surface area (Å²) in [6.07, 6.45) is 1.05. The Morgan fingerprint density at radius 1 is 0.926 bits per heavy atom. The molecular weight excluding hydrogens is 341 g/mol. The standard InChI is InChI=1S/C22H26FN3O/c23-21-8-4-3-7-20(21)16-24-11-13-26(14-12-24)22(27)17-25-10-9-18-5-1-2-6-19(18)15-25/h1-8H,9-17H2/p+2. The number of nitrogens with one attached hydrogen (secondary N) is 2. The van der Waals surface area contributed by atoms with E-state index in [4.69, 9.17) is 0 Å². The fourth-order valence-electron chi connectivity index (χ4n) is 4.28. The van der Waals surface area contributed by atoms with Gasteiger partial charge in [0.25, 0.3) is 5.91 Å². The Kier molecular flexibility index (Phi) is 5.50. The van der Waals surface area contributed by atoms with E-state index in [1.807, 2.05) is 17.0 Å². The van der Waals surface area contributed by atoms with Crippen molar-refractivity contribution >= 4 is 5.91 Å². The number of carbonyl (C=O) groups is 1. The Bertz CT molecular complexity index is 802. The molecule has 2 aliphatic rings. The van der Waals surface area contributed by atoms with Crippen molar-refractivity contribution in [1.82, 2.24) is 4.90 Å². The van der Waals surface area contributed by atoms with E-state index in [1.54, 1.807) is 6.07 Å². The molecule has 4 nitrogen and oxygen atoms in total. The van der Waals surface area contributed by atoms with Gasteiger partial charge in [0.15, 0.2) is 6.54 Å². The monoisotopic (exact) mass is 369 g/mol. The van der Waals surface area contributed by atoms with Gasteiger partial charge in [0.1, 0.15) is 18.9 Å². The maximum atomic E-state index is 13.8. The molecule has 1 fully saturated rings. The topological polar surface area (TPSA) is 29.2 Å². The predicted molar refractivity (Wildman–Crippen MR) is 102 cm³/mol. The minimum atomic E-state index is -0.127. The van der Waals surface area contributed by atoms with Gasteiger partial charge in [-0.1, -0.05) is 42.5 Å². The Morgan fingerprint density at radius 3 is 2.41 bits per heavy atom. The third kappa shape index (κ3) is 4.37. The number of nitrogens with zero attached hydrogens (tertiary/aromatic N) is 1. The highest BCUT2D eigenvalue weighted by atomic mass is 19.1. The lowest BCUT2D eigenvalue weighted by molar-refractivity contribution is -0.918. The van der Waals surface area contributed by atoms with Gasteiger partial charge in [0, 0.05) is 17.5 Å². The minimum Gasteiger partial charge on any atom is -0.328 e. The summed E-state index contributed by atoms with van der Waals surface area (Å²) in [6, 6.07) is 15.6. The maximum absolute atomic E-state index is 13.8. The molecule has 1 saturated heterocycles. The van der Waals surface area contributed by atoms with Gasteiger partial charge in [-0.05, 0) is 11.6 Å². The van der Waals surface area contributed by atoms with E-state index in [9.17, 15) is 9.18 Å². The minimum absolute atomic E-state index is 0.127. The molecule has 2 aromatic carbocycles. The summed E-state index contributed by atoms with van der Waals surface area (Å²) in [7, 11) is 0. The first-order chi connectivity index (χ1) is 13.2. The highest BCUT2D eigenvalue weighted by Gasteiger charge is 2.28. The predicted octanol–water partition coefficient (Wildman–Crippen LogP) is -0.306. The Balaban J connectivity index is 1.26. The molecule has 4 rings (SSSR count). The number of rotatable bonds is 4. The Hall–Kier alpha value is -2.24. The van der Waals surface area contributed by atoms with Crippen LogP contribution in [0.2, 0.25) is 0 Å². The van der Waals surface area contributed by atoms with Crippen molar-refractivity contribution in [2.45, 2.75) is 19.5 Å². The van der Waals surface area contributed by atoms with Gasteiger partial charge >= 0.3 is 0 Å². The van der Waals surface area contributed by atoms with Gasteiger partial charge in [-0.25, -0.2) is 4.39 Å². The second kappa shape index (κ2) is 8.19. The third-order valence-corrected chi connectivity index (χ3v) is 5.93. The molecule has 5 heteroatoms. The number of amides is 1.